The molecule has 0 aliphatic heterocycles. The Kier molecular flexibility index (Phi) is 3.07. The normalized spacial score (nSPS) is 15.7. The van der Waals surface area contributed by atoms with Crippen LogP contribution in [0.2, 0.25) is 0 Å². The molecule has 2 N–H and O–H groups in total. The second kappa shape index (κ2) is 3.12. The molecule has 9 heavy (non-hydrogen) atoms. The molecule has 0 rings (SSSR count). The first-order valence-electron chi connectivity index (χ1n) is 2.57. The van der Waals surface area contributed by atoms with Gasteiger partial charge >= 0.3 is 5.97 Å². The largest absolute Gasteiger partial charge is 0.373 e. The van der Waals surface area contributed by atoms with Crippen molar-refractivity contribution in [3.63, 3.8) is 0 Å². The standard InChI is InChI=1S/C5H12O4/c1-4(8-2)5(6,7)9-3/h4,6-7H,1-3H3. The minimum absolute atomic E-state index is 0.748. The van der Waals surface area contributed by atoms with E-state index in [0.29, 0.717) is 0 Å². The molecule has 0 saturated carbocycles. The van der Waals surface area contributed by atoms with Gasteiger partial charge < -0.3 is 19.7 Å². The molecule has 0 saturated heterocycles. The summed E-state index contributed by atoms with van der Waals surface area (Å²) < 4.78 is 8.86. The van der Waals surface area contributed by atoms with Crippen molar-refractivity contribution in [2.24, 2.45) is 0 Å². The highest BCUT2D eigenvalue weighted by molar-refractivity contribution is 4.58. The van der Waals surface area contributed by atoms with E-state index in [1.54, 1.807) is 0 Å². The minimum atomic E-state index is -2.17. The van der Waals surface area contributed by atoms with Crippen LogP contribution < -0.4 is 0 Å². The van der Waals surface area contributed by atoms with E-state index in [-0.39, 0.29) is 0 Å². The Bertz CT molecular complexity index is 81.0. The number of rotatable bonds is 3. The molecule has 0 aromatic rings. The lowest BCUT2D eigenvalue weighted by atomic mass is 10.3. The van der Waals surface area contributed by atoms with Crippen LogP contribution in [0.4, 0.5) is 0 Å². The molecule has 0 aliphatic carbocycles. The topological polar surface area (TPSA) is 58.9 Å². The van der Waals surface area contributed by atoms with Gasteiger partial charge in [0.15, 0.2) is 0 Å². The Balaban J connectivity index is 3.80. The zero-order valence-corrected chi connectivity index (χ0v) is 5.79. The maximum absolute atomic E-state index is 8.80. The summed E-state index contributed by atoms with van der Waals surface area (Å²) in [7, 11) is 2.56. The Hall–Kier alpha value is -0.160. The molecule has 0 heterocycles. The molecule has 56 valence electrons. The van der Waals surface area contributed by atoms with Gasteiger partial charge in [0.2, 0.25) is 0 Å². The molecule has 0 aromatic carbocycles. The monoisotopic (exact) mass is 136 g/mol. The first-order valence-corrected chi connectivity index (χ1v) is 2.57. The SMILES string of the molecule is COC(C)C(O)(O)OC. The summed E-state index contributed by atoms with van der Waals surface area (Å²) in [6, 6.07) is 0. The summed E-state index contributed by atoms with van der Waals surface area (Å²) in [5.41, 5.74) is 0. The van der Waals surface area contributed by atoms with Crippen LogP contribution in [0.5, 0.6) is 0 Å². The van der Waals surface area contributed by atoms with E-state index in [4.69, 9.17) is 10.2 Å². The van der Waals surface area contributed by atoms with Crippen molar-refractivity contribution in [3.8, 4) is 0 Å². The van der Waals surface area contributed by atoms with E-state index in [1.165, 1.54) is 21.1 Å². The summed E-state index contributed by atoms with van der Waals surface area (Å²) in [5, 5.41) is 17.6. The van der Waals surface area contributed by atoms with E-state index in [0.717, 1.165) is 0 Å². The summed E-state index contributed by atoms with van der Waals surface area (Å²) in [4.78, 5) is 0. The molecule has 0 fully saturated rings. The van der Waals surface area contributed by atoms with E-state index < -0.39 is 12.1 Å². The number of ether oxygens (including phenoxy) is 2. The van der Waals surface area contributed by atoms with Gasteiger partial charge in [0, 0.05) is 14.2 Å². The van der Waals surface area contributed by atoms with Crippen LogP contribution in [-0.2, 0) is 9.47 Å². The van der Waals surface area contributed by atoms with Crippen LogP contribution in [0.3, 0.4) is 0 Å². The number of hydrogen-bond acceptors (Lipinski definition) is 4. The molecule has 0 spiro atoms. The van der Waals surface area contributed by atoms with Crippen molar-refractivity contribution in [1.82, 2.24) is 0 Å². The van der Waals surface area contributed by atoms with Gasteiger partial charge in [0.05, 0.1) is 0 Å². The van der Waals surface area contributed by atoms with Crippen LogP contribution in [0.15, 0.2) is 0 Å². The highest BCUT2D eigenvalue weighted by atomic mass is 16.8. The Morgan fingerprint density at radius 2 is 1.78 bits per heavy atom. The zero-order chi connectivity index (χ0) is 7.49. The van der Waals surface area contributed by atoms with Crippen molar-refractivity contribution < 1.29 is 19.7 Å². The third kappa shape index (κ3) is 2.28. The summed E-state index contributed by atoms with van der Waals surface area (Å²) in [6.45, 7) is 1.49. The summed E-state index contributed by atoms with van der Waals surface area (Å²) >= 11 is 0. The van der Waals surface area contributed by atoms with Gasteiger partial charge in [-0.1, -0.05) is 0 Å². The van der Waals surface area contributed by atoms with E-state index >= 15 is 0 Å². The van der Waals surface area contributed by atoms with Crippen molar-refractivity contribution in [1.29, 1.82) is 0 Å². The van der Waals surface area contributed by atoms with Crippen molar-refractivity contribution >= 4 is 0 Å². The van der Waals surface area contributed by atoms with Crippen LogP contribution >= 0.6 is 0 Å². The predicted octanol–water partition coefficient (Wildman–Crippen LogP) is -0.694. The second-order valence-corrected chi connectivity index (χ2v) is 1.74. The highest BCUT2D eigenvalue weighted by Gasteiger charge is 2.30. The van der Waals surface area contributed by atoms with Gasteiger partial charge in [-0.15, -0.1) is 0 Å². The fourth-order valence-electron chi connectivity index (χ4n) is 0.319. The number of methoxy groups -OCH3 is 2. The fraction of sp³-hybridized carbons (Fsp3) is 1.00. The molecule has 0 aromatic heterocycles. The van der Waals surface area contributed by atoms with E-state index in [2.05, 4.69) is 9.47 Å². The van der Waals surface area contributed by atoms with Gasteiger partial charge in [-0.3, -0.25) is 0 Å². The van der Waals surface area contributed by atoms with Gasteiger partial charge in [-0.25, -0.2) is 0 Å². The minimum Gasteiger partial charge on any atom is -0.373 e. The molecule has 0 bridgehead atoms. The van der Waals surface area contributed by atoms with Crippen molar-refractivity contribution in [2.75, 3.05) is 14.2 Å². The van der Waals surface area contributed by atoms with Crippen molar-refractivity contribution in [2.45, 2.75) is 19.0 Å². The van der Waals surface area contributed by atoms with E-state index in [1.807, 2.05) is 0 Å². The van der Waals surface area contributed by atoms with Crippen molar-refractivity contribution in [3.05, 3.63) is 0 Å². The maximum Gasteiger partial charge on any atom is 0.305 e. The molecule has 1 unspecified atom stereocenters. The Morgan fingerprint density at radius 3 is 1.89 bits per heavy atom. The molecule has 4 nitrogen and oxygen atoms in total. The average Bonchev–Trinajstić information content (AvgIpc) is 1.86. The molecule has 1 atom stereocenters. The van der Waals surface area contributed by atoms with Crippen LogP contribution in [-0.4, -0.2) is 36.5 Å². The summed E-state index contributed by atoms with van der Waals surface area (Å²) in [6.07, 6.45) is -0.748. The Labute approximate surface area is 54.0 Å². The smallest absolute Gasteiger partial charge is 0.305 e. The molecular formula is C5H12O4. The van der Waals surface area contributed by atoms with Crippen LogP contribution in [0.1, 0.15) is 6.92 Å². The lowest BCUT2D eigenvalue weighted by molar-refractivity contribution is -0.366. The lowest BCUT2D eigenvalue weighted by Gasteiger charge is -2.24. The first kappa shape index (κ1) is 8.84. The van der Waals surface area contributed by atoms with Gasteiger partial charge in [-0.05, 0) is 6.92 Å². The fourth-order valence-corrected chi connectivity index (χ4v) is 0.319. The average molecular weight is 136 g/mol. The maximum atomic E-state index is 8.80. The van der Waals surface area contributed by atoms with Gasteiger partial charge in [0.1, 0.15) is 6.10 Å². The second-order valence-electron chi connectivity index (χ2n) is 1.74. The molecule has 4 heteroatoms. The number of hydrogen-bond donors (Lipinski definition) is 2. The predicted molar refractivity (Wildman–Crippen MR) is 30.6 cm³/mol. The van der Waals surface area contributed by atoms with Crippen LogP contribution in [0.25, 0.3) is 0 Å². The molecule has 0 aliphatic rings. The first-order chi connectivity index (χ1) is 4.04. The Morgan fingerprint density at radius 1 is 1.33 bits per heavy atom. The van der Waals surface area contributed by atoms with E-state index in [9.17, 15) is 0 Å². The molecular weight excluding hydrogens is 124 g/mol. The van der Waals surface area contributed by atoms with Crippen LogP contribution in [0, 0.1) is 0 Å². The quantitative estimate of drug-likeness (QED) is 0.504. The third-order valence-corrected chi connectivity index (χ3v) is 1.18. The lowest BCUT2D eigenvalue weighted by Crippen LogP contribution is -2.43. The zero-order valence-electron chi connectivity index (χ0n) is 5.79. The third-order valence-electron chi connectivity index (χ3n) is 1.18. The summed E-state index contributed by atoms with van der Waals surface area (Å²) in [5.74, 6) is -2.17. The molecule has 0 radical (unpaired) electrons. The van der Waals surface area contributed by atoms with Gasteiger partial charge in [0.25, 0.3) is 0 Å². The number of aliphatic hydroxyl groups is 2. The molecule has 0 amide bonds. The highest BCUT2D eigenvalue weighted by Crippen LogP contribution is 2.08. The van der Waals surface area contributed by atoms with Gasteiger partial charge in [-0.2, -0.15) is 0 Å².